The highest BCUT2D eigenvalue weighted by atomic mass is 79.9. The minimum atomic E-state index is 0.674. The quantitative estimate of drug-likeness (QED) is 0.399. The Hall–Kier alpha value is -1.07. The van der Waals surface area contributed by atoms with Crippen molar-refractivity contribution in [3.05, 3.63) is 34.3 Å². The number of nitrogens with zero attached hydrogens (tertiary/aromatic N) is 1. The Morgan fingerprint density at radius 2 is 2.23 bits per heavy atom. The largest absolute Gasteiger partial charge is 0.381 e. The molecule has 122 valence electrons. The van der Waals surface area contributed by atoms with Gasteiger partial charge in [-0.25, -0.2) is 4.99 Å². The summed E-state index contributed by atoms with van der Waals surface area (Å²) in [5, 5.41) is 6.63. The lowest BCUT2D eigenvalue weighted by molar-refractivity contribution is 0.123. The van der Waals surface area contributed by atoms with Crippen LogP contribution in [-0.4, -0.2) is 32.3 Å². The summed E-state index contributed by atoms with van der Waals surface area (Å²) in [6, 6.07) is 8.24. The van der Waals surface area contributed by atoms with Crippen molar-refractivity contribution in [1.82, 2.24) is 10.6 Å². The Kier molecular flexibility index (Phi) is 7.74. The van der Waals surface area contributed by atoms with E-state index >= 15 is 0 Å². The molecule has 0 spiro atoms. The van der Waals surface area contributed by atoms with Crippen molar-refractivity contribution >= 4 is 21.9 Å². The van der Waals surface area contributed by atoms with Crippen LogP contribution in [0.15, 0.2) is 33.7 Å². The van der Waals surface area contributed by atoms with Gasteiger partial charge in [0.2, 0.25) is 0 Å². The Morgan fingerprint density at radius 3 is 2.95 bits per heavy atom. The second kappa shape index (κ2) is 9.85. The molecule has 0 aliphatic heterocycles. The fourth-order valence-corrected chi connectivity index (χ4v) is 2.51. The minimum absolute atomic E-state index is 0.674. The summed E-state index contributed by atoms with van der Waals surface area (Å²) in [5.74, 6) is 1.71. The molecule has 0 bridgehead atoms. The average molecular weight is 368 g/mol. The third-order valence-corrected chi connectivity index (χ3v) is 3.95. The van der Waals surface area contributed by atoms with E-state index in [1.165, 1.54) is 18.4 Å². The third kappa shape index (κ3) is 7.27. The van der Waals surface area contributed by atoms with E-state index < -0.39 is 0 Å². The zero-order chi connectivity index (χ0) is 15.6. The van der Waals surface area contributed by atoms with E-state index in [9.17, 15) is 0 Å². The number of rotatable bonds is 9. The molecular formula is C17H26BrN3O. The van der Waals surface area contributed by atoms with Crippen LogP contribution in [0, 0.1) is 5.92 Å². The minimum Gasteiger partial charge on any atom is -0.381 e. The van der Waals surface area contributed by atoms with Gasteiger partial charge in [-0.1, -0.05) is 28.1 Å². The van der Waals surface area contributed by atoms with Crippen LogP contribution in [0.4, 0.5) is 0 Å². The molecule has 22 heavy (non-hydrogen) atoms. The molecule has 0 amide bonds. The zero-order valence-corrected chi connectivity index (χ0v) is 14.9. The molecule has 0 aromatic heterocycles. The standard InChI is InChI=1S/C17H26BrN3O/c1-2-19-17(20-9-4-10-22-13-14-7-8-14)21-12-15-5-3-6-16(18)11-15/h3,5-6,11,14H,2,4,7-10,12-13H2,1H3,(H2,19,20,21). The van der Waals surface area contributed by atoms with Gasteiger partial charge in [0.25, 0.3) is 0 Å². The Morgan fingerprint density at radius 1 is 1.36 bits per heavy atom. The molecule has 2 rings (SSSR count). The van der Waals surface area contributed by atoms with Gasteiger partial charge in [-0.05, 0) is 49.8 Å². The molecule has 1 saturated carbocycles. The molecule has 0 heterocycles. The number of hydrogen-bond donors (Lipinski definition) is 2. The fourth-order valence-electron chi connectivity index (χ4n) is 2.06. The number of guanidine groups is 1. The van der Waals surface area contributed by atoms with Crippen molar-refractivity contribution in [2.45, 2.75) is 32.7 Å². The normalized spacial score (nSPS) is 14.9. The van der Waals surface area contributed by atoms with Crippen LogP contribution >= 0.6 is 15.9 Å². The van der Waals surface area contributed by atoms with Crippen molar-refractivity contribution in [1.29, 1.82) is 0 Å². The molecule has 0 radical (unpaired) electrons. The lowest BCUT2D eigenvalue weighted by Gasteiger charge is -2.11. The first-order chi connectivity index (χ1) is 10.8. The molecule has 5 heteroatoms. The Bertz CT molecular complexity index is 475. The topological polar surface area (TPSA) is 45.7 Å². The highest BCUT2D eigenvalue weighted by molar-refractivity contribution is 9.10. The maximum atomic E-state index is 5.64. The molecule has 1 fully saturated rings. The lowest BCUT2D eigenvalue weighted by Crippen LogP contribution is -2.38. The van der Waals surface area contributed by atoms with Gasteiger partial charge in [0, 0.05) is 30.8 Å². The summed E-state index contributed by atoms with van der Waals surface area (Å²) < 4.78 is 6.73. The number of nitrogens with one attached hydrogen (secondary N) is 2. The van der Waals surface area contributed by atoms with E-state index in [-0.39, 0.29) is 0 Å². The predicted octanol–water partition coefficient (Wildman–Crippen LogP) is 3.32. The van der Waals surface area contributed by atoms with E-state index in [0.29, 0.717) is 6.54 Å². The molecule has 1 aromatic rings. The summed E-state index contributed by atoms with van der Waals surface area (Å²) in [4.78, 5) is 4.61. The van der Waals surface area contributed by atoms with Crippen LogP contribution in [0.1, 0.15) is 31.7 Å². The Balaban J connectivity index is 1.67. The predicted molar refractivity (Wildman–Crippen MR) is 95.1 cm³/mol. The van der Waals surface area contributed by atoms with E-state index in [1.54, 1.807) is 0 Å². The molecule has 1 aliphatic carbocycles. The molecule has 0 atom stereocenters. The highest BCUT2D eigenvalue weighted by Gasteiger charge is 2.20. The number of halogens is 1. The number of hydrogen-bond acceptors (Lipinski definition) is 2. The third-order valence-electron chi connectivity index (χ3n) is 3.46. The Labute approximate surface area is 141 Å². The number of aliphatic imine (C=N–C) groups is 1. The summed E-state index contributed by atoms with van der Waals surface area (Å²) in [7, 11) is 0. The summed E-state index contributed by atoms with van der Waals surface area (Å²) in [5.41, 5.74) is 1.19. The van der Waals surface area contributed by atoms with Crippen molar-refractivity contribution in [3.63, 3.8) is 0 Å². The van der Waals surface area contributed by atoms with Gasteiger partial charge in [0.1, 0.15) is 0 Å². The van der Waals surface area contributed by atoms with Crippen molar-refractivity contribution in [2.75, 3.05) is 26.3 Å². The van der Waals surface area contributed by atoms with Crippen molar-refractivity contribution in [2.24, 2.45) is 10.9 Å². The van der Waals surface area contributed by atoms with Gasteiger partial charge in [-0.3, -0.25) is 0 Å². The van der Waals surface area contributed by atoms with Crippen LogP contribution in [0.25, 0.3) is 0 Å². The molecule has 0 unspecified atom stereocenters. The van der Waals surface area contributed by atoms with E-state index in [4.69, 9.17) is 4.74 Å². The maximum absolute atomic E-state index is 5.64. The summed E-state index contributed by atoms with van der Waals surface area (Å²) in [6.45, 7) is 6.27. The zero-order valence-electron chi connectivity index (χ0n) is 13.3. The molecule has 4 nitrogen and oxygen atoms in total. The first kappa shape index (κ1) is 17.3. The van der Waals surface area contributed by atoms with Gasteiger partial charge in [-0.15, -0.1) is 0 Å². The van der Waals surface area contributed by atoms with Crippen molar-refractivity contribution < 1.29 is 4.74 Å². The van der Waals surface area contributed by atoms with E-state index in [2.05, 4.69) is 50.6 Å². The number of ether oxygens (including phenoxy) is 1. The van der Waals surface area contributed by atoms with E-state index in [1.807, 2.05) is 12.1 Å². The fraction of sp³-hybridized carbons (Fsp3) is 0.588. The summed E-state index contributed by atoms with van der Waals surface area (Å²) in [6.07, 6.45) is 3.71. The second-order valence-electron chi connectivity index (χ2n) is 5.62. The molecule has 0 saturated heterocycles. The van der Waals surface area contributed by atoms with Gasteiger partial charge in [0.05, 0.1) is 6.54 Å². The maximum Gasteiger partial charge on any atom is 0.191 e. The van der Waals surface area contributed by atoms with E-state index in [0.717, 1.165) is 49.1 Å². The average Bonchev–Trinajstić information content (AvgIpc) is 3.32. The molecule has 1 aromatic carbocycles. The highest BCUT2D eigenvalue weighted by Crippen LogP contribution is 2.28. The van der Waals surface area contributed by atoms with Crippen LogP contribution in [0.5, 0.6) is 0 Å². The van der Waals surface area contributed by atoms with Crippen LogP contribution in [-0.2, 0) is 11.3 Å². The van der Waals surface area contributed by atoms with Crippen LogP contribution in [0.3, 0.4) is 0 Å². The van der Waals surface area contributed by atoms with Gasteiger partial charge in [0.15, 0.2) is 5.96 Å². The smallest absolute Gasteiger partial charge is 0.191 e. The molecule has 1 aliphatic rings. The number of benzene rings is 1. The monoisotopic (exact) mass is 367 g/mol. The van der Waals surface area contributed by atoms with Crippen LogP contribution < -0.4 is 10.6 Å². The molecular weight excluding hydrogens is 342 g/mol. The molecule has 2 N–H and O–H groups in total. The first-order valence-corrected chi connectivity index (χ1v) is 8.91. The van der Waals surface area contributed by atoms with Gasteiger partial charge < -0.3 is 15.4 Å². The van der Waals surface area contributed by atoms with Gasteiger partial charge in [-0.2, -0.15) is 0 Å². The van der Waals surface area contributed by atoms with Crippen molar-refractivity contribution in [3.8, 4) is 0 Å². The lowest BCUT2D eigenvalue weighted by atomic mass is 10.2. The summed E-state index contributed by atoms with van der Waals surface area (Å²) >= 11 is 3.49. The first-order valence-electron chi connectivity index (χ1n) is 8.12. The van der Waals surface area contributed by atoms with Crippen LogP contribution in [0.2, 0.25) is 0 Å². The van der Waals surface area contributed by atoms with Gasteiger partial charge >= 0.3 is 0 Å². The SMILES string of the molecule is CCNC(=NCc1cccc(Br)c1)NCCCOCC1CC1. The second-order valence-corrected chi connectivity index (χ2v) is 6.54.